The fraction of sp³-hybridized carbons (Fsp3) is 1.00. The van der Waals surface area contributed by atoms with Crippen LogP contribution in [0.15, 0.2) is 0 Å². The Labute approximate surface area is 219 Å². The Morgan fingerprint density at radius 3 is 0.972 bits per heavy atom. The van der Waals surface area contributed by atoms with Crippen LogP contribution in [0.5, 0.6) is 0 Å². The normalized spacial score (nSPS) is 15.8. The van der Waals surface area contributed by atoms with E-state index < -0.39 is 21.8 Å². The molecule has 212 valence electrons. The fourth-order valence-electron chi connectivity index (χ4n) is 3.33. The topological polar surface area (TPSA) is 119 Å². The summed E-state index contributed by atoms with van der Waals surface area (Å²) in [5, 5.41) is 9.60. The summed E-state index contributed by atoms with van der Waals surface area (Å²) in [5.74, 6) is 0. The predicted octanol–water partition coefficient (Wildman–Crippen LogP) is 0.200. The van der Waals surface area contributed by atoms with Gasteiger partial charge in [0.2, 0.25) is 0 Å². The van der Waals surface area contributed by atoms with Crippen molar-refractivity contribution in [1.29, 1.82) is 0 Å². The summed E-state index contributed by atoms with van der Waals surface area (Å²) in [4.78, 5) is 0. The smallest absolute Gasteiger partial charge is 0.400 e. The lowest BCUT2D eigenvalue weighted by molar-refractivity contribution is -0.0768. The van der Waals surface area contributed by atoms with Gasteiger partial charge in [0.25, 0.3) is 0 Å². The van der Waals surface area contributed by atoms with E-state index in [1.54, 1.807) is 42.7 Å². The zero-order valence-corrected chi connectivity index (χ0v) is 24.1. The van der Waals surface area contributed by atoms with Crippen molar-refractivity contribution in [2.45, 2.75) is 52.2 Å². The predicted molar refractivity (Wildman–Crippen MR) is 142 cm³/mol. The molecule has 3 N–H and O–H groups in total. The molecule has 3 unspecified atom stereocenters. The molecule has 0 aliphatic heterocycles. The van der Waals surface area contributed by atoms with Crippen molar-refractivity contribution < 1.29 is 42.1 Å². The van der Waals surface area contributed by atoms with Crippen LogP contribution in [0.2, 0.25) is 0 Å². The third-order valence-corrected chi connectivity index (χ3v) is 5.62. The van der Waals surface area contributed by atoms with Crippen LogP contribution < -0.4 is 15.7 Å². The van der Waals surface area contributed by atoms with Gasteiger partial charge in [0, 0.05) is 66.2 Å². The number of ether oxygens (including phenoxy) is 3. The highest BCUT2D eigenvalue weighted by Crippen LogP contribution is 2.24. The van der Waals surface area contributed by atoms with E-state index in [4.69, 9.17) is 42.1 Å². The Morgan fingerprint density at radius 1 is 0.528 bits per heavy atom. The molecule has 0 amide bonds. The molecule has 3 atom stereocenters. The van der Waals surface area contributed by atoms with E-state index in [2.05, 4.69) is 22.6 Å². The van der Waals surface area contributed by atoms with Crippen molar-refractivity contribution in [3.05, 3.63) is 0 Å². The van der Waals surface area contributed by atoms with Crippen LogP contribution in [0.4, 0.5) is 0 Å². The minimum atomic E-state index is -0.486. The van der Waals surface area contributed by atoms with E-state index in [0.717, 1.165) is 6.42 Å². The van der Waals surface area contributed by atoms with Gasteiger partial charge in [-0.2, -0.15) is 0 Å². The Morgan fingerprint density at radius 2 is 0.778 bits per heavy atom. The van der Waals surface area contributed by atoms with Crippen LogP contribution in [0.25, 0.3) is 0 Å². The number of hydrogen-bond donors (Lipinski definition) is 3. The molecule has 15 heteroatoms. The highest BCUT2D eigenvalue weighted by atomic mass is 16.6. The quantitative estimate of drug-likeness (QED) is 0.143. The minimum absolute atomic E-state index is 0.0276. The molecule has 12 nitrogen and oxygen atoms in total. The van der Waals surface area contributed by atoms with Crippen LogP contribution in [0, 0.1) is 5.41 Å². The van der Waals surface area contributed by atoms with Gasteiger partial charge in [0.15, 0.2) is 0 Å². The molecule has 0 fully saturated rings. The molecule has 0 bridgehead atoms. The first-order valence-corrected chi connectivity index (χ1v) is 12.4. The van der Waals surface area contributed by atoms with Crippen molar-refractivity contribution in [2.24, 2.45) is 5.41 Å². The number of hydrogen-bond acceptors (Lipinski definition) is 12. The second-order valence-electron chi connectivity index (χ2n) is 9.01. The summed E-state index contributed by atoms with van der Waals surface area (Å²) < 4.78 is 49.5. The van der Waals surface area contributed by atoms with E-state index in [-0.39, 0.29) is 23.5 Å². The Kier molecular flexibility index (Phi) is 21.5. The maximum Gasteiger partial charge on any atom is 0.554 e. The van der Waals surface area contributed by atoms with Gasteiger partial charge in [0.1, 0.15) is 0 Å². The summed E-state index contributed by atoms with van der Waals surface area (Å²) in [6.07, 6.45) is 0.814. The molecule has 0 heterocycles. The van der Waals surface area contributed by atoms with E-state index in [0.29, 0.717) is 39.6 Å². The monoisotopic (exact) mass is 521 g/mol. The molecule has 0 aliphatic rings. The van der Waals surface area contributed by atoms with Crippen LogP contribution in [0.1, 0.15) is 34.1 Å². The molecule has 0 aromatic carbocycles. The van der Waals surface area contributed by atoms with Gasteiger partial charge >= 0.3 is 21.8 Å². The zero-order chi connectivity index (χ0) is 27.4. The van der Waals surface area contributed by atoms with E-state index in [9.17, 15) is 0 Å². The van der Waals surface area contributed by atoms with E-state index in [1.165, 1.54) is 0 Å². The van der Waals surface area contributed by atoms with Gasteiger partial charge < -0.3 is 42.1 Å². The molecule has 0 aliphatic carbocycles. The third kappa shape index (κ3) is 15.8. The molecule has 0 aromatic rings. The van der Waals surface area contributed by atoms with Gasteiger partial charge in [-0.3, -0.25) is 15.7 Å². The second kappa shape index (κ2) is 21.6. The number of nitrogens with one attached hydrogen (secondary N) is 3. The Balaban J connectivity index is 4.96. The first-order chi connectivity index (χ1) is 17.2. The summed E-state index contributed by atoms with van der Waals surface area (Å²) in [5.41, 5.74) is -0.328. The van der Waals surface area contributed by atoms with Crippen LogP contribution in [-0.2, 0) is 42.1 Å². The summed E-state index contributed by atoms with van der Waals surface area (Å²) >= 11 is 0. The second-order valence-corrected chi connectivity index (χ2v) is 9.01. The third-order valence-electron chi connectivity index (χ3n) is 5.62. The average molecular weight is 521 g/mol. The van der Waals surface area contributed by atoms with Crippen LogP contribution >= 0.6 is 0 Å². The van der Waals surface area contributed by atoms with Crippen molar-refractivity contribution >= 4 is 21.8 Å². The van der Waals surface area contributed by atoms with Gasteiger partial charge in [-0.25, -0.2) is 0 Å². The summed E-state index contributed by atoms with van der Waals surface area (Å²) in [7, 11) is 8.04. The van der Waals surface area contributed by atoms with Crippen molar-refractivity contribution in [1.82, 2.24) is 15.7 Å². The lowest BCUT2D eigenvalue weighted by Crippen LogP contribution is -2.48. The molecule has 0 saturated heterocycles. The maximum atomic E-state index is 6.11. The van der Waals surface area contributed by atoms with E-state index in [1.807, 2.05) is 20.8 Å². The molecular weight excluding hydrogens is 471 g/mol. The van der Waals surface area contributed by atoms with Gasteiger partial charge in [-0.05, 0) is 27.2 Å². The fourth-order valence-corrected chi connectivity index (χ4v) is 3.33. The highest BCUT2D eigenvalue weighted by Gasteiger charge is 2.31. The molecule has 0 saturated carbocycles. The maximum absolute atomic E-state index is 6.11. The zero-order valence-electron chi connectivity index (χ0n) is 24.1. The lowest BCUT2D eigenvalue weighted by atomic mass is 9.88. The molecule has 36 heavy (non-hydrogen) atoms. The molecule has 0 rings (SSSR count). The standard InChI is InChI=1S/C21H50B3N3O9/c1-11-21(15-34-12-18(2)25-22(28-5)29-6,16-35-13-19(3)26-23(30-7)31-8)17-36-14-20(4)27-24(32-9)33-10/h18-20,25-27H,11-17H2,1-10H3. The first-order valence-electron chi connectivity index (χ1n) is 12.4. The summed E-state index contributed by atoms with van der Waals surface area (Å²) in [6.45, 7) is 11.0. The molecular formula is C21H50B3N3O9. The highest BCUT2D eigenvalue weighted by molar-refractivity contribution is 6.41. The lowest BCUT2D eigenvalue weighted by Gasteiger charge is -2.33. The summed E-state index contributed by atoms with van der Waals surface area (Å²) in [6, 6.07) is 0.0827. The van der Waals surface area contributed by atoms with Gasteiger partial charge in [0.05, 0.1) is 39.6 Å². The molecule has 0 spiro atoms. The van der Waals surface area contributed by atoms with E-state index >= 15 is 0 Å². The largest absolute Gasteiger partial charge is 0.554 e. The first kappa shape index (κ1) is 35.7. The number of rotatable bonds is 25. The van der Waals surface area contributed by atoms with Crippen molar-refractivity contribution in [2.75, 3.05) is 82.3 Å². The van der Waals surface area contributed by atoms with Gasteiger partial charge in [-0.1, -0.05) is 6.92 Å². The Bertz CT molecular complexity index is 444. The Hall–Kier alpha value is -0.285. The van der Waals surface area contributed by atoms with Crippen molar-refractivity contribution in [3.63, 3.8) is 0 Å². The SMILES string of the molecule is CCC(COCC(C)NB(OC)OC)(COCC(C)NB(OC)OC)COCC(C)NB(OC)OC. The average Bonchev–Trinajstić information content (AvgIpc) is 2.88. The van der Waals surface area contributed by atoms with Crippen LogP contribution in [-0.4, -0.2) is 122 Å². The van der Waals surface area contributed by atoms with Crippen molar-refractivity contribution in [3.8, 4) is 0 Å². The van der Waals surface area contributed by atoms with Gasteiger partial charge in [-0.15, -0.1) is 0 Å². The minimum Gasteiger partial charge on any atom is -0.400 e. The van der Waals surface area contributed by atoms with Crippen LogP contribution in [0.3, 0.4) is 0 Å². The molecule has 0 aromatic heterocycles. The molecule has 0 radical (unpaired) electrons.